The van der Waals surface area contributed by atoms with E-state index < -0.39 is 0 Å². The van der Waals surface area contributed by atoms with Crippen LogP contribution in [-0.4, -0.2) is 49.3 Å². The lowest BCUT2D eigenvalue weighted by Crippen LogP contribution is -2.41. The van der Waals surface area contributed by atoms with E-state index in [4.69, 9.17) is 14.0 Å². The van der Waals surface area contributed by atoms with Crippen molar-refractivity contribution >= 4 is 18.5 Å². The Morgan fingerprint density at radius 3 is 2.25 bits per heavy atom. The van der Waals surface area contributed by atoms with Crippen LogP contribution in [0, 0.1) is 5.92 Å². The van der Waals surface area contributed by atoms with Gasteiger partial charge in [-0.15, -0.1) is 0 Å². The number of likely N-dealkylation sites (tertiary alicyclic amines) is 1. The number of nitrogens with zero attached hydrogens (tertiary/aromatic N) is 1. The molecule has 0 radical (unpaired) electrons. The highest BCUT2D eigenvalue weighted by atomic mass is 16.7. The first-order valence-electron chi connectivity index (χ1n) is 8.50. The van der Waals surface area contributed by atoms with E-state index in [0.29, 0.717) is 13.0 Å². The van der Waals surface area contributed by atoms with E-state index in [1.807, 2.05) is 59.0 Å². The van der Waals surface area contributed by atoms with Crippen LogP contribution in [0.25, 0.3) is 0 Å². The molecule has 0 N–H and O–H groups in total. The molecule has 1 unspecified atom stereocenters. The highest BCUT2D eigenvalue weighted by Gasteiger charge is 2.51. The third-order valence-electron chi connectivity index (χ3n) is 5.31. The van der Waals surface area contributed by atoms with Gasteiger partial charge in [0.25, 0.3) is 0 Å². The summed E-state index contributed by atoms with van der Waals surface area (Å²) in [5, 5.41) is 0. The fourth-order valence-corrected chi connectivity index (χ4v) is 2.98. The Balaban J connectivity index is 1.57. The quantitative estimate of drug-likeness (QED) is 0.790. The van der Waals surface area contributed by atoms with Gasteiger partial charge in [-0.1, -0.05) is 12.1 Å². The van der Waals surface area contributed by atoms with Crippen molar-refractivity contribution in [1.82, 2.24) is 4.90 Å². The second kappa shape index (κ2) is 6.08. The molecule has 6 heteroatoms. The van der Waals surface area contributed by atoms with Crippen LogP contribution in [0.4, 0.5) is 0 Å². The van der Waals surface area contributed by atoms with E-state index in [-0.39, 0.29) is 30.1 Å². The van der Waals surface area contributed by atoms with Gasteiger partial charge >= 0.3 is 7.12 Å². The molecule has 0 saturated carbocycles. The molecule has 1 aromatic carbocycles. The second-order valence-corrected chi connectivity index (χ2v) is 7.81. The summed E-state index contributed by atoms with van der Waals surface area (Å²) in [5.41, 5.74) is 0.304. The second-order valence-electron chi connectivity index (χ2n) is 7.81. The normalized spacial score (nSPS) is 25.4. The Kier molecular flexibility index (Phi) is 4.38. The molecular formula is C18H26BNO4. The van der Waals surface area contributed by atoms with Crippen LogP contribution in [0.3, 0.4) is 0 Å². The van der Waals surface area contributed by atoms with E-state index in [0.717, 1.165) is 17.8 Å². The summed E-state index contributed by atoms with van der Waals surface area (Å²) in [4.78, 5) is 13.3. The minimum atomic E-state index is -0.356. The molecule has 24 heavy (non-hydrogen) atoms. The Morgan fingerprint density at radius 2 is 1.75 bits per heavy atom. The molecule has 0 aromatic heterocycles. The molecule has 2 saturated heterocycles. The van der Waals surface area contributed by atoms with Gasteiger partial charge in [0.1, 0.15) is 5.75 Å². The summed E-state index contributed by atoms with van der Waals surface area (Å²) < 4.78 is 17.9. The minimum absolute atomic E-state index is 0.194. The van der Waals surface area contributed by atoms with Gasteiger partial charge < -0.3 is 18.9 Å². The van der Waals surface area contributed by atoms with Crippen LogP contribution >= 0.6 is 0 Å². The lowest BCUT2D eigenvalue weighted by atomic mass is 9.79. The van der Waals surface area contributed by atoms with Crippen LogP contribution in [-0.2, 0) is 14.1 Å². The summed E-state index contributed by atoms with van der Waals surface area (Å²) in [6.45, 7) is 9.51. The SMILES string of the molecule is CN1CC(COc2ccc(B3OC(C)(C)C(C)(C)O3)cc2)CC1=O. The van der Waals surface area contributed by atoms with Crippen molar-refractivity contribution < 1.29 is 18.8 Å². The predicted molar refractivity (Wildman–Crippen MR) is 93.4 cm³/mol. The zero-order valence-corrected chi connectivity index (χ0v) is 15.2. The Hall–Kier alpha value is -1.53. The molecule has 1 aromatic rings. The van der Waals surface area contributed by atoms with E-state index in [1.54, 1.807) is 4.90 Å². The molecule has 130 valence electrons. The maximum atomic E-state index is 11.5. The first-order valence-corrected chi connectivity index (χ1v) is 8.50. The molecule has 2 heterocycles. The summed E-state index contributed by atoms with van der Waals surface area (Å²) in [5.74, 6) is 1.27. The van der Waals surface area contributed by atoms with Gasteiger partial charge in [0.15, 0.2) is 0 Å². The van der Waals surface area contributed by atoms with Crippen LogP contribution in [0.2, 0.25) is 0 Å². The van der Waals surface area contributed by atoms with E-state index in [2.05, 4.69) is 0 Å². The van der Waals surface area contributed by atoms with Crippen molar-refractivity contribution in [2.45, 2.75) is 45.3 Å². The lowest BCUT2D eigenvalue weighted by Gasteiger charge is -2.32. The summed E-state index contributed by atoms with van der Waals surface area (Å²) in [6, 6.07) is 7.81. The van der Waals surface area contributed by atoms with Crippen LogP contribution < -0.4 is 10.2 Å². The van der Waals surface area contributed by atoms with Crippen molar-refractivity contribution in [2.75, 3.05) is 20.2 Å². The van der Waals surface area contributed by atoms with Crippen molar-refractivity contribution in [2.24, 2.45) is 5.92 Å². The summed E-state index contributed by atoms with van der Waals surface area (Å²) >= 11 is 0. The minimum Gasteiger partial charge on any atom is -0.493 e. The van der Waals surface area contributed by atoms with Crippen LogP contribution in [0.15, 0.2) is 24.3 Å². The molecule has 0 spiro atoms. The smallest absolute Gasteiger partial charge is 0.493 e. The van der Waals surface area contributed by atoms with Crippen LogP contribution in [0.1, 0.15) is 34.1 Å². The van der Waals surface area contributed by atoms with Gasteiger partial charge in [-0.25, -0.2) is 0 Å². The number of rotatable bonds is 4. The van der Waals surface area contributed by atoms with Crippen molar-refractivity contribution in [3.8, 4) is 5.75 Å². The summed E-state index contributed by atoms with van der Waals surface area (Å²) in [7, 11) is 1.48. The molecule has 3 rings (SSSR count). The fraction of sp³-hybridized carbons (Fsp3) is 0.611. The Bertz CT molecular complexity index is 598. The summed E-state index contributed by atoms with van der Waals surface area (Å²) in [6.07, 6.45) is 0.572. The number of amides is 1. The first kappa shape index (κ1) is 17.3. The monoisotopic (exact) mass is 331 g/mol. The van der Waals surface area contributed by atoms with Gasteiger partial charge in [-0.3, -0.25) is 4.79 Å². The van der Waals surface area contributed by atoms with Gasteiger partial charge in [-0.2, -0.15) is 0 Å². The zero-order chi connectivity index (χ0) is 17.5. The predicted octanol–water partition coefficient (Wildman–Crippen LogP) is 1.84. The largest absolute Gasteiger partial charge is 0.494 e. The zero-order valence-electron chi connectivity index (χ0n) is 15.2. The molecule has 2 fully saturated rings. The van der Waals surface area contributed by atoms with Gasteiger partial charge in [0.2, 0.25) is 5.91 Å². The maximum absolute atomic E-state index is 11.5. The molecule has 5 nitrogen and oxygen atoms in total. The third-order valence-corrected chi connectivity index (χ3v) is 5.31. The maximum Gasteiger partial charge on any atom is 0.494 e. The lowest BCUT2D eigenvalue weighted by molar-refractivity contribution is -0.126. The number of ether oxygens (including phenoxy) is 1. The van der Waals surface area contributed by atoms with Gasteiger partial charge in [-0.05, 0) is 45.3 Å². The average Bonchev–Trinajstić information content (AvgIpc) is 2.93. The Morgan fingerprint density at radius 1 is 1.17 bits per heavy atom. The number of carbonyl (C=O) groups excluding carboxylic acids is 1. The third kappa shape index (κ3) is 3.30. The molecule has 0 aliphatic carbocycles. The van der Waals surface area contributed by atoms with Crippen molar-refractivity contribution in [3.05, 3.63) is 24.3 Å². The van der Waals surface area contributed by atoms with E-state index in [1.165, 1.54) is 0 Å². The van der Waals surface area contributed by atoms with Crippen molar-refractivity contribution in [3.63, 3.8) is 0 Å². The molecule has 2 aliphatic rings. The van der Waals surface area contributed by atoms with Gasteiger partial charge in [0, 0.05) is 25.9 Å². The number of hydrogen-bond acceptors (Lipinski definition) is 4. The number of benzene rings is 1. The number of carbonyl (C=O) groups is 1. The van der Waals surface area contributed by atoms with E-state index >= 15 is 0 Å². The molecule has 1 atom stereocenters. The Labute approximate surface area is 144 Å². The topological polar surface area (TPSA) is 48.0 Å². The van der Waals surface area contributed by atoms with Gasteiger partial charge in [0.05, 0.1) is 17.8 Å². The average molecular weight is 331 g/mol. The standard InChI is InChI=1S/C18H26BNO4/c1-17(2)18(3,4)24-19(23-17)14-6-8-15(9-7-14)22-12-13-10-16(21)20(5)11-13/h6-9,13H,10-12H2,1-5H3. The molecule has 2 aliphatic heterocycles. The van der Waals surface area contributed by atoms with Crippen molar-refractivity contribution in [1.29, 1.82) is 0 Å². The molecular weight excluding hydrogens is 305 g/mol. The molecule has 1 amide bonds. The van der Waals surface area contributed by atoms with E-state index in [9.17, 15) is 4.79 Å². The highest BCUT2D eigenvalue weighted by Crippen LogP contribution is 2.36. The molecule has 0 bridgehead atoms. The number of hydrogen-bond donors (Lipinski definition) is 0. The first-order chi connectivity index (χ1) is 11.2. The van der Waals surface area contributed by atoms with Crippen LogP contribution in [0.5, 0.6) is 5.75 Å². The fourth-order valence-electron chi connectivity index (χ4n) is 2.98. The highest BCUT2D eigenvalue weighted by molar-refractivity contribution is 6.62.